The van der Waals surface area contributed by atoms with E-state index in [1.165, 1.54) is 80.2 Å². The van der Waals surface area contributed by atoms with Crippen LogP contribution in [0.25, 0.3) is 11.3 Å². The number of hydrogen-bond acceptors (Lipinski definition) is 2. The average Bonchev–Trinajstić information content (AvgIpc) is 2.78. The molecule has 0 atom stereocenters. The Bertz CT molecular complexity index is 711. The largest absolute Gasteiger partial charge is 0.256 e. The Morgan fingerprint density at radius 3 is 2.33 bits per heavy atom. The Morgan fingerprint density at radius 1 is 0.933 bits per heavy atom. The van der Waals surface area contributed by atoms with Crippen LogP contribution in [0.5, 0.6) is 0 Å². The van der Waals surface area contributed by atoms with Gasteiger partial charge in [0, 0.05) is 11.8 Å². The lowest BCUT2D eigenvalue weighted by Crippen LogP contribution is -2.13. The maximum atomic E-state index is 4.73. The van der Waals surface area contributed by atoms with Gasteiger partial charge in [0.1, 0.15) is 0 Å². The third-order valence-electron chi connectivity index (χ3n) is 6.66. The molecule has 1 aliphatic rings. The highest BCUT2D eigenvalue weighted by atomic mass is 32.2. The maximum absolute atomic E-state index is 4.73. The molecule has 0 aliphatic heterocycles. The van der Waals surface area contributed by atoms with Crippen LogP contribution in [0, 0.1) is 5.92 Å². The molecular weight excluding hydrogens is 382 g/mol. The van der Waals surface area contributed by atoms with E-state index in [1.807, 2.05) is 11.8 Å². The van der Waals surface area contributed by atoms with Crippen molar-refractivity contribution in [3.8, 4) is 11.3 Å². The van der Waals surface area contributed by atoms with Crippen LogP contribution >= 0.6 is 11.8 Å². The number of unbranched alkanes of at least 4 members (excludes halogenated alkanes) is 3. The van der Waals surface area contributed by atoms with Crippen molar-refractivity contribution in [3.05, 3.63) is 53.7 Å². The zero-order valence-electron chi connectivity index (χ0n) is 19.4. The summed E-state index contributed by atoms with van der Waals surface area (Å²) >= 11 is 2.02. The van der Waals surface area contributed by atoms with Gasteiger partial charge in [-0.2, -0.15) is 11.8 Å². The molecule has 0 amide bonds. The molecule has 2 heteroatoms. The summed E-state index contributed by atoms with van der Waals surface area (Å²) in [5, 5.41) is 0.705. The molecule has 1 aliphatic carbocycles. The van der Waals surface area contributed by atoms with Crippen LogP contribution in [0.2, 0.25) is 0 Å². The number of rotatable bonds is 11. The van der Waals surface area contributed by atoms with E-state index in [9.17, 15) is 0 Å². The molecule has 0 unspecified atom stereocenters. The Balaban J connectivity index is 1.47. The number of pyridine rings is 1. The fourth-order valence-corrected chi connectivity index (χ4v) is 5.55. The van der Waals surface area contributed by atoms with Crippen molar-refractivity contribution in [3.63, 3.8) is 0 Å². The van der Waals surface area contributed by atoms with Crippen molar-refractivity contribution in [2.24, 2.45) is 5.92 Å². The zero-order valence-corrected chi connectivity index (χ0v) is 20.2. The number of benzene rings is 1. The van der Waals surface area contributed by atoms with E-state index in [0.717, 1.165) is 24.0 Å². The molecule has 2 aromatic rings. The van der Waals surface area contributed by atoms with Gasteiger partial charge in [0.2, 0.25) is 0 Å². The van der Waals surface area contributed by atoms with E-state index < -0.39 is 0 Å². The summed E-state index contributed by atoms with van der Waals surface area (Å²) < 4.78 is 0. The van der Waals surface area contributed by atoms with Gasteiger partial charge < -0.3 is 0 Å². The molecule has 1 aromatic heterocycles. The van der Waals surface area contributed by atoms with E-state index in [1.54, 1.807) is 0 Å². The van der Waals surface area contributed by atoms with Crippen molar-refractivity contribution >= 4 is 11.8 Å². The van der Waals surface area contributed by atoms with Crippen molar-refractivity contribution in [2.75, 3.05) is 5.75 Å². The third-order valence-corrected chi connectivity index (χ3v) is 7.76. The first kappa shape index (κ1) is 23.4. The summed E-state index contributed by atoms with van der Waals surface area (Å²) in [4.78, 5) is 4.73. The number of thioether (sulfide) groups is 1. The molecule has 164 valence electrons. The monoisotopic (exact) mass is 423 g/mol. The van der Waals surface area contributed by atoms with Crippen molar-refractivity contribution in [1.29, 1.82) is 0 Å². The molecule has 0 spiro atoms. The molecule has 1 heterocycles. The minimum atomic E-state index is 0.705. The molecule has 0 N–H and O–H groups in total. The van der Waals surface area contributed by atoms with Gasteiger partial charge in [-0.3, -0.25) is 4.98 Å². The lowest BCUT2D eigenvalue weighted by atomic mass is 9.77. The second-order valence-corrected chi connectivity index (χ2v) is 11.1. The molecule has 0 saturated heterocycles. The first-order valence-corrected chi connectivity index (χ1v) is 13.4. The van der Waals surface area contributed by atoms with Crippen LogP contribution < -0.4 is 0 Å². The van der Waals surface area contributed by atoms with Gasteiger partial charge in [0.05, 0.1) is 5.69 Å². The average molecular weight is 424 g/mol. The molecule has 30 heavy (non-hydrogen) atoms. The minimum Gasteiger partial charge on any atom is -0.256 e. The fourth-order valence-electron chi connectivity index (χ4n) is 4.73. The Labute approximate surface area is 189 Å². The Hall–Kier alpha value is -1.28. The van der Waals surface area contributed by atoms with Gasteiger partial charge in [0.15, 0.2) is 0 Å². The van der Waals surface area contributed by atoms with Crippen LogP contribution in [0.1, 0.15) is 95.6 Å². The topological polar surface area (TPSA) is 12.9 Å². The predicted molar refractivity (Wildman–Crippen MR) is 134 cm³/mol. The van der Waals surface area contributed by atoms with Crippen LogP contribution in [0.3, 0.4) is 0 Å². The van der Waals surface area contributed by atoms with E-state index in [2.05, 4.69) is 63.4 Å². The number of hydrogen-bond donors (Lipinski definition) is 0. The maximum Gasteiger partial charge on any atom is 0.0702 e. The quantitative estimate of drug-likeness (QED) is 0.335. The second kappa shape index (κ2) is 12.5. The molecular formula is C28H41NS. The summed E-state index contributed by atoms with van der Waals surface area (Å²) in [5.41, 5.74) is 5.21. The highest BCUT2D eigenvalue weighted by Crippen LogP contribution is 2.38. The van der Waals surface area contributed by atoms with Gasteiger partial charge in [-0.05, 0) is 72.1 Å². The summed E-state index contributed by atoms with van der Waals surface area (Å²) in [7, 11) is 0. The Morgan fingerprint density at radius 2 is 1.70 bits per heavy atom. The summed E-state index contributed by atoms with van der Waals surface area (Å²) in [6.45, 7) is 6.82. The lowest BCUT2D eigenvalue weighted by Gasteiger charge is -2.29. The van der Waals surface area contributed by atoms with Gasteiger partial charge >= 0.3 is 0 Å². The highest BCUT2D eigenvalue weighted by molar-refractivity contribution is 7.99. The number of nitrogens with zero attached hydrogens (tertiary/aromatic N) is 1. The Kier molecular flexibility index (Phi) is 9.78. The molecule has 3 rings (SSSR count). The van der Waals surface area contributed by atoms with Crippen molar-refractivity contribution in [2.45, 2.75) is 96.1 Å². The van der Waals surface area contributed by atoms with Crippen LogP contribution in [-0.2, 0) is 6.42 Å². The molecule has 1 fully saturated rings. The SMILES string of the molecule is CCCCCCC1CCC(c2ccc(-c3ccc(CCSC(C)C)cn3)cc2)CC1. The van der Waals surface area contributed by atoms with Gasteiger partial charge in [-0.25, -0.2) is 0 Å². The summed E-state index contributed by atoms with van der Waals surface area (Å²) in [6.07, 6.45) is 15.9. The minimum absolute atomic E-state index is 0.705. The van der Waals surface area contributed by atoms with Crippen LogP contribution in [0.4, 0.5) is 0 Å². The molecule has 1 aromatic carbocycles. The lowest BCUT2D eigenvalue weighted by molar-refractivity contribution is 0.302. The van der Waals surface area contributed by atoms with E-state index in [-0.39, 0.29) is 0 Å². The van der Waals surface area contributed by atoms with Gasteiger partial charge in [-0.1, -0.05) is 83.2 Å². The van der Waals surface area contributed by atoms with E-state index >= 15 is 0 Å². The zero-order chi connectivity index (χ0) is 21.2. The van der Waals surface area contributed by atoms with Crippen LogP contribution in [-0.4, -0.2) is 16.0 Å². The molecule has 1 saturated carbocycles. The van der Waals surface area contributed by atoms with E-state index in [0.29, 0.717) is 5.25 Å². The van der Waals surface area contributed by atoms with E-state index in [4.69, 9.17) is 4.98 Å². The van der Waals surface area contributed by atoms with Crippen molar-refractivity contribution in [1.82, 2.24) is 4.98 Å². The first-order chi connectivity index (χ1) is 14.7. The number of aromatic nitrogens is 1. The standard InChI is InChI=1S/C28H41NS/c1-4-5-6-7-8-23-9-12-25(13-10-23)26-14-16-27(17-15-26)28-18-11-24(21-29-28)19-20-30-22(2)3/h11,14-18,21-23,25H,4-10,12-13,19-20H2,1-3H3. The number of aryl methyl sites for hydroxylation is 1. The predicted octanol–water partition coefficient (Wildman–Crippen LogP) is 8.68. The van der Waals surface area contributed by atoms with Crippen LogP contribution in [0.15, 0.2) is 42.6 Å². The molecule has 0 bridgehead atoms. The second-order valence-electron chi connectivity index (χ2n) is 9.41. The van der Waals surface area contributed by atoms with Crippen molar-refractivity contribution < 1.29 is 0 Å². The summed E-state index contributed by atoms with van der Waals surface area (Å²) in [5.74, 6) is 2.92. The third kappa shape index (κ3) is 7.45. The first-order valence-electron chi connectivity index (χ1n) is 12.3. The normalized spacial score (nSPS) is 19.3. The molecule has 1 nitrogen and oxygen atoms in total. The van der Waals surface area contributed by atoms with Gasteiger partial charge in [0.25, 0.3) is 0 Å². The fraction of sp³-hybridized carbons (Fsp3) is 0.607. The smallest absolute Gasteiger partial charge is 0.0702 e. The molecule has 0 radical (unpaired) electrons. The van der Waals surface area contributed by atoms with Gasteiger partial charge in [-0.15, -0.1) is 0 Å². The summed E-state index contributed by atoms with van der Waals surface area (Å²) in [6, 6.07) is 13.7. The highest BCUT2D eigenvalue weighted by Gasteiger charge is 2.22.